The Morgan fingerprint density at radius 3 is 2.38 bits per heavy atom. The summed E-state index contributed by atoms with van der Waals surface area (Å²) in [5.74, 6) is 3.88. The fourth-order valence-electron chi connectivity index (χ4n) is 2.11. The first-order chi connectivity index (χ1) is 10.0. The molecule has 2 aromatic rings. The SMILES string of the molecule is NNC(Cc1ccc(F)cc1F)Cc1cccc(F)c1Br. The van der Waals surface area contributed by atoms with E-state index in [1.165, 1.54) is 18.2 Å². The number of rotatable bonds is 5. The number of hydrogen-bond donors (Lipinski definition) is 2. The van der Waals surface area contributed by atoms with Gasteiger partial charge < -0.3 is 0 Å². The number of benzene rings is 2. The Labute approximate surface area is 129 Å². The Kier molecular flexibility index (Phi) is 5.39. The molecule has 0 aliphatic rings. The van der Waals surface area contributed by atoms with Gasteiger partial charge in [0.2, 0.25) is 0 Å². The number of hydrogen-bond acceptors (Lipinski definition) is 2. The second kappa shape index (κ2) is 7.06. The summed E-state index contributed by atoms with van der Waals surface area (Å²) >= 11 is 3.18. The summed E-state index contributed by atoms with van der Waals surface area (Å²) in [6.07, 6.45) is 0.678. The summed E-state index contributed by atoms with van der Waals surface area (Å²) in [5.41, 5.74) is 3.66. The van der Waals surface area contributed by atoms with E-state index >= 15 is 0 Å². The average molecular weight is 359 g/mol. The zero-order chi connectivity index (χ0) is 15.4. The quantitative estimate of drug-likeness (QED) is 0.634. The van der Waals surface area contributed by atoms with Crippen molar-refractivity contribution in [1.82, 2.24) is 5.43 Å². The molecule has 0 saturated carbocycles. The van der Waals surface area contributed by atoms with E-state index in [2.05, 4.69) is 21.4 Å². The number of nitrogens with two attached hydrogens (primary N) is 1. The van der Waals surface area contributed by atoms with E-state index in [1.807, 2.05) is 0 Å². The van der Waals surface area contributed by atoms with Crippen LogP contribution in [0.2, 0.25) is 0 Å². The van der Waals surface area contributed by atoms with Gasteiger partial charge in [-0.25, -0.2) is 13.2 Å². The topological polar surface area (TPSA) is 38.0 Å². The molecule has 1 atom stereocenters. The van der Waals surface area contributed by atoms with E-state index in [1.54, 1.807) is 12.1 Å². The van der Waals surface area contributed by atoms with Gasteiger partial charge in [0.1, 0.15) is 17.5 Å². The maximum absolute atomic E-state index is 13.7. The predicted molar refractivity (Wildman–Crippen MR) is 79.0 cm³/mol. The van der Waals surface area contributed by atoms with Gasteiger partial charge in [0.15, 0.2) is 0 Å². The summed E-state index contributed by atoms with van der Waals surface area (Å²) in [7, 11) is 0. The fourth-order valence-corrected chi connectivity index (χ4v) is 2.54. The van der Waals surface area contributed by atoms with Gasteiger partial charge >= 0.3 is 0 Å². The Morgan fingerprint density at radius 2 is 1.71 bits per heavy atom. The van der Waals surface area contributed by atoms with Crippen LogP contribution in [0.1, 0.15) is 11.1 Å². The van der Waals surface area contributed by atoms with E-state index in [4.69, 9.17) is 5.84 Å². The first-order valence-corrected chi connectivity index (χ1v) is 7.13. The molecule has 2 aromatic carbocycles. The molecule has 0 heterocycles. The number of halogens is 4. The molecule has 0 amide bonds. The van der Waals surface area contributed by atoms with Gasteiger partial charge in [-0.2, -0.15) is 0 Å². The van der Waals surface area contributed by atoms with Crippen LogP contribution in [0.3, 0.4) is 0 Å². The largest absolute Gasteiger partial charge is 0.271 e. The lowest BCUT2D eigenvalue weighted by molar-refractivity contribution is 0.500. The van der Waals surface area contributed by atoms with E-state index in [9.17, 15) is 13.2 Å². The second-order valence-electron chi connectivity index (χ2n) is 4.72. The molecule has 3 N–H and O–H groups in total. The lowest BCUT2D eigenvalue weighted by Crippen LogP contribution is -2.38. The normalized spacial score (nSPS) is 12.4. The highest BCUT2D eigenvalue weighted by Gasteiger charge is 2.15. The molecule has 2 nitrogen and oxygen atoms in total. The number of hydrazine groups is 1. The van der Waals surface area contributed by atoms with Crippen molar-refractivity contribution in [3.05, 3.63) is 69.4 Å². The molecule has 0 fully saturated rings. The van der Waals surface area contributed by atoms with Crippen LogP contribution in [0.4, 0.5) is 13.2 Å². The maximum atomic E-state index is 13.7. The van der Waals surface area contributed by atoms with E-state index in [-0.39, 0.29) is 18.3 Å². The monoisotopic (exact) mass is 358 g/mol. The second-order valence-corrected chi connectivity index (χ2v) is 5.51. The summed E-state index contributed by atoms with van der Waals surface area (Å²) < 4.78 is 40.4. The lowest BCUT2D eigenvalue weighted by Gasteiger charge is -2.17. The maximum Gasteiger partial charge on any atom is 0.137 e. The summed E-state index contributed by atoms with van der Waals surface area (Å²) in [4.78, 5) is 0. The van der Waals surface area contributed by atoms with Crippen LogP contribution in [-0.4, -0.2) is 6.04 Å². The molecule has 112 valence electrons. The van der Waals surface area contributed by atoms with Crippen LogP contribution in [0.5, 0.6) is 0 Å². The molecule has 1 unspecified atom stereocenters. The Balaban J connectivity index is 2.15. The molecule has 0 aromatic heterocycles. The van der Waals surface area contributed by atoms with E-state index in [0.29, 0.717) is 16.5 Å². The van der Waals surface area contributed by atoms with Crippen molar-refractivity contribution in [2.75, 3.05) is 0 Å². The fraction of sp³-hybridized carbons (Fsp3) is 0.200. The lowest BCUT2D eigenvalue weighted by atomic mass is 9.99. The first kappa shape index (κ1) is 16.0. The van der Waals surface area contributed by atoms with Gasteiger partial charge in [0.05, 0.1) is 4.47 Å². The molecular formula is C15H14BrF3N2. The summed E-state index contributed by atoms with van der Waals surface area (Å²) in [6.45, 7) is 0. The molecule has 0 saturated heterocycles. The zero-order valence-corrected chi connectivity index (χ0v) is 12.6. The van der Waals surface area contributed by atoms with E-state index < -0.39 is 11.6 Å². The first-order valence-electron chi connectivity index (χ1n) is 6.34. The Hall–Kier alpha value is -1.37. The zero-order valence-electron chi connectivity index (χ0n) is 11.0. The van der Waals surface area contributed by atoms with E-state index in [0.717, 1.165) is 11.6 Å². The van der Waals surface area contributed by atoms with Gasteiger partial charge in [-0.15, -0.1) is 0 Å². The molecule has 0 aliphatic carbocycles. The van der Waals surface area contributed by atoms with Crippen molar-refractivity contribution in [1.29, 1.82) is 0 Å². The van der Waals surface area contributed by atoms with Crippen LogP contribution in [0.25, 0.3) is 0 Å². The predicted octanol–water partition coefficient (Wildman–Crippen LogP) is 3.48. The van der Waals surface area contributed by atoms with Crippen LogP contribution >= 0.6 is 15.9 Å². The molecule has 0 radical (unpaired) electrons. The standard InChI is InChI=1S/C15H14BrF3N2/c16-15-10(2-1-3-13(15)18)7-12(21-20)6-9-4-5-11(17)8-14(9)19/h1-5,8,12,21H,6-7,20H2. The van der Waals surface area contributed by atoms with Crippen molar-refractivity contribution >= 4 is 15.9 Å². The van der Waals surface area contributed by atoms with Gasteiger partial charge in [0, 0.05) is 12.1 Å². The van der Waals surface area contributed by atoms with Gasteiger partial charge in [0.25, 0.3) is 0 Å². The molecule has 0 bridgehead atoms. The molecule has 0 aliphatic heterocycles. The van der Waals surface area contributed by atoms with Crippen LogP contribution in [-0.2, 0) is 12.8 Å². The van der Waals surface area contributed by atoms with Crippen LogP contribution in [0.15, 0.2) is 40.9 Å². The summed E-state index contributed by atoms with van der Waals surface area (Å²) in [5, 5.41) is 0. The van der Waals surface area contributed by atoms with Gasteiger partial charge in [-0.05, 0) is 52.0 Å². The van der Waals surface area contributed by atoms with Crippen molar-refractivity contribution in [2.45, 2.75) is 18.9 Å². The van der Waals surface area contributed by atoms with Gasteiger partial charge in [-0.3, -0.25) is 11.3 Å². The third kappa shape index (κ3) is 4.06. The highest BCUT2D eigenvalue weighted by Crippen LogP contribution is 2.22. The smallest absolute Gasteiger partial charge is 0.137 e. The highest BCUT2D eigenvalue weighted by molar-refractivity contribution is 9.10. The molecule has 0 spiro atoms. The van der Waals surface area contributed by atoms with Crippen LogP contribution in [0, 0.1) is 17.5 Å². The molecule has 21 heavy (non-hydrogen) atoms. The number of nitrogens with one attached hydrogen (secondary N) is 1. The minimum atomic E-state index is -0.624. The Morgan fingerprint density at radius 1 is 1.00 bits per heavy atom. The van der Waals surface area contributed by atoms with Crippen molar-refractivity contribution in [2.24, 2.45) is 5.84 Å². The third-order valence-corrected chi connectivity index (χ3v) is 4.10. The van der Waals surface area contributed by atoms with Crippen molar-refractivity contribution in [3.8, 4) is 0 Å². The Bertz CT molecular complexity index is 634. The third-order valence-electron chi connectivity index (χ3n) is 3.22. The molecule has 6 heteroatoms. The van der Waals surface area contributed by atoms with Crippen LogP contribution < -0.4 is 11.3 Å². The van der Waals surface area contributed by atoms with Gasteiger partial charge in [-0.1, -0.05) is 18.2 Å². The molecular weight excluding hydrogens is 345 g/mol. The molecule has 2 rings (SSSR count). The minimum absolute atomic E-state index is 0.269. The van der Waals surface area contributed by atoms with Crippen molar-refractivity contribution in [3.63, 3.8) is 0 Å². The van der Waals surface area contributed by atoms with Crippen molar-refractivity contribution < 1.29 is 13.2 Å². The highest BCUT2D eigenvalue weighted by atomic mass is 79.9. The summed E-state index contributed by atoms with van der Waals surface area (Å²) in [6, 6.07) is 7.82. The minimum Gasteiger partial charge on any atom is -0.271 e. The average Bonchev–Trinajstić information content (AvgIpc) is 2.45.